The molecular weight excluding hydrogens is 446 g/mol. The van der Waals surface area contributed by atoms with Crippen molar-refractivity contribution < 1.29 is 14.2 Å². The summed E-state index contributed by atoms with van der Waals surface area (Å²) in [4.78, 5) is 0. The second-order valence-corrected chi connectivity index (χ2v) is 8.21. The van der Waals surface area contributed by atoms with E-state index in [1.54, 1.807) is 44.9 Å². The zero-order chi connectivity index (χ0) is 23.2. The average Bonchev–Trinajstić information content (AvgIpc) is 3.55. The molecule has 0 spiro atoms. The van der Waals surface area contributed by atoms with Gasteiger partial charge in [-0.3, -0.25) is 4.68 Å². The van der Waals surface area contributed by atoms with E-state index in [-0.39, 0.29) is 25.9 Å². The van der Waals surface area contributed by atoms with Crippen LogP contribution in [0.25, 0.3) is 0 Å². The summed E-state index contributed by atoms with van der Waals surface area (Å²) in [6.45, 7) is 4.87. The van der Waals surface area contributed by atoms with Crippen LogP contribution in [0.1, 0.15) is 37.0 Å². The van der Waals surface area contributed by atoms with Crippen LogP contribution in [0, 0.1) is 0 Å². The minimum absolute atomic E-state index is 0.230. The molecule has 0 atom stereocenters. The fraction of sp³-hybridized carbons (Fsp3) is 0.400. The number of hydrogen-bond acceptors (Lipinski definition) is 10. The van der Waals surface area contributed by atoms with Gasteiger partial charge in [0, 0.05) is 37.5 Å². The van der Waals surface area contributed by atoms with Crippen molar-refractivity contribution in [3.8, 4) is 17.2 Å². The number of aromatic nitrogens is 9. The van der Waals surface area contributed by atoms with Crippen LogP contribution in [0.4, 0.5) is 0 Å². The van der Waals surface area contributed by atoms with Gasteiger partial charge in [0.25, 0.3) is 0 Å². The molecule has 0 N–H and O–H groups in total. The third-order valence-corrected chi connectivity index (χ3v) is 5.01. The summed E-state index contributed by atoms with van der Waals surface area (Å²) in [5.74, 6) is 1.73. The molecule has 0 aliphatic heterocycles. The van der Waals surface area contributed by atoms with Crippen LogP contribution in [0.2, 0.25) is 0 Å². The van der Waals surface area contributed by atoms with Gasteiger partial charge in [0.1, 0.15) is 54.2 Å². The van der Waals surface area contributed by atoms with Gasteiger partial charge < -0.3 is 14.2 Å². The molecule has 0 amide bonds. The summed E-state index contributed by atoms with van der Waals surface area (Å²) < 4.78 is 22.9. The molecule has 0 radical (unpaired) electrons. The Labute approximate surface area is 195 Å². The van der Waals surface area contributed by atoms with Crippen molar-refractivity contribution in [1.29, 1.82) is 0 Å². The Morgan fingerprint density at radius 1 is 0.758 bits per heavy atom. The third kappa shape index (κ3) is 6.22. The van der Waals surface area contributed by atoms with E-state index in [1.807, 2.05) is 32.5 Å². The van der Waals surface area contributed by atoms with E-state index >= 15 is 0 Å². The fourth-order valence-corrected chi connectivity index (χ4v) is 3.13. The first-order valence-electron chi connectivity index (χ1n) is 10.2. The number of nitrogens with zero attached hydrogens (tertiary/aromatic N) is 9. The van der Waals surface area contributed by atoms with Crippen molar-refractivity contribution in [2.75, 3.05) is 6.26 Å². The molecule has 1 aromatic carbocycles. The van der Waals surface area contributed by atoms with Crippen LogP contribution in [-0.2, 0) is 26.9 Å². The Hall–Kier alpha value is -3.61. The highest BCUT2D eigenvalue weighted by Gasteiger charge is 2.10. The minimum Gasteiger partial charge on any atom is -0.487 e. The van der Waals surface area contributed by atoms with Crippen LogP contribution in [0.3, 0.4) is 0 Å². The number of ether oxygens (including phenoxy) is 3. The number of benzene rings is 1. The molecule has 0 aliphatic rings. The lowest BCUT2D eigenvalue weighted by atomic mass is 10.3. The molecule has 0 bridgehead atoms. The monoisotopic (exact) mass is 471 g/mol. The Morgan fingerprint density at radius 2 is 1.27 bits per heavy atom. The smallest absolute Gasteiger partial charge is 0.134 e. The standard InChI is InChI=1S/C20H25N9O3S/c1-14(2)28-9-16(22-25-28)12-31-19-5-18(30-11-15-8-27(3)24-21-15)6-20(7-19)32-13-17-10-29(33-4)26-23-17/h5-10,14H,11-13H2,1-4H3. The van der Waals surface area contributed by atoms with E-state index in [9.17, 15) is 0 Å². The van der Waals surface area contributed by atoms with Crippen LogP contribution >= 0.6 is 11.9 Å². The van der Waals surface area contributed by atoms with Gasteiger partial charge in [0.2, 0.25) is 0 Å². The van der Waals surface area contributed by atoms with E-state index < -0.39 is 0 Å². The molecule has 4 aromatic rings. The van der Waals surface area contributed by atoms with Gasteiger partial charge in [-0.25, -0.2) is 4.68 Å². The third-order valence-electron chi connectivity index (χ3n) is 4.46. The second-order valence-electron chi connectivity index (χ2n) is 7.47. The number of aryl methyl sites for hydroxylation is 1. The first-order valence-corrected chi connectivity index (χ1v) is 11.4. The molecule has 0 saturated carbocycles. The molecular formula is C20H25N9O3S. The molecule has 3 heterocycles. The van der Waals surface area contributed by atoms with E-state index in [1.165, 1.54) is 11.9 Å². The van der Waals surface area contributed by atoms with Gasteiger partial charge in [-0.15, -0.1) is 15.3 Å². The molecule has 13 heteroatoms. The normalized spacial score (nSPS) is 11.2. The lowest BCUT2D eigenvalue weighted by Crippen LogP contribution is -2.01. The molecule has 0 unspecified atom stereocenters. The maximum absolute atomic E-state index is 5.95. The highest BCUT2D eigenvalue weighted by molar-refractivity contribution is 7.97. The van der Waals surface area contributed by atoms with Crippen molar-refractivity contribution in [3.63, 3.8) is 0 Å². The molecule has 12 nitrogen and oxygen atoms in total. The Balaban J connectivity index is 1.46. The number of rotatable bonds is 11. The predicted octanol–water partition coefficient (Wildman–Crippen LogP) is 2.44. The van der Waals surface area contributed by atoms with Crippen molar-refractivity contribution in [2.24, 2.45) is 7.05 Å². The summed E-state index contributed by atoms with van der Waals surface area (Å²) in [6, 6.07) is 5.60. The second kappa shape index (κ2) is 10.3. The summed E-state index contributed by atoms with van der Waals surface area (Å²) >= 11 is 1.45. The van der Waals surface area contributed by atoms with E-state index in [2.05, 4.69) is 30.9 Å². The Morgan fingerprint density at radius 3 is 1.73 bits per heavy atom. The number of hydrogen-bond donors (Lipinski definition) is 0. The van der Waals surface area contributed by atoms with Crippen molar-refractivity contribution in [1.82, 2.24) is 44.4 Å². The van der Waals surface area contributed by atoms with E-state index in [0.29, 0.717) is 28.6 Å². The molecule has 0 saturated heterocycles. The maximum Gasteiger partial charge on any atom is 0.134 e. The van der Waals surface area contributed by atoms with Gasteiger partial charge in [0.05, 0.1) is 18.6 Å². The maximum atomic E-state index is 5.95. The zero-order valence-corrected chi connectivity index (χ0v) is 19.6. The minimum atomic E-state index is 0.230. The van der Waals surface area contributed by atoms with E-state index in [0.717, 1.165) is 5.69 Å². The molecule has 33 heavy (non-hydrogen) atoms. The molecule has 174 valence electrons. The average molecular weight is 472 g/mol. The van der Waals surface area contributed by atoms with Crippen LogP contribution in [0.5, 0.6) is 17.2 Å². The van der Waals surface area contributed by atoms with Crippen molar-refractivity contribution in [3.05, 3.63) is 53.9 Å². The summed E-state index contributed by atoms with van der Waals surface area (Å²) in [5.41, 5.74) is 2.15. The molecule has 0 aliphatic carbocycles. The van der Waals surface area contributed by atoms with Crippen molar-refractivity contribution >= 4 is 11.9 Å². The highest BCUT2D eigenvalue weighted by atomic mass is 32.2. The Bertz CT molecular complexity index is 1190. The SMILES string of the molecule is CSn1cc(COc2cc(OCc3cn(C)nn3)cc(OCc3cn(C(C)C)nn3)c2)nn1. The van der Waals surface area contributed by atoms with Crippen LogP contribution < -0.4 is 14.2 Å². The Kier molecular flexibility index (Phi) is 7.07. The van der Waals surface area contributed by atoms with Crippen LogP contribution in [0.15, 0.2) is 36.8 Å². The highest BCUT2D eigenvalue weighted by Crippen LogP contribution is 2.29. The topological polar surface area (TPSA) is 120 Å². The summed E-state index contributed by atoms with van der Waals surface area (Å²) in [6.07, 6.45) is 7.39. The lowest BCUT2D eigenvalue weighted by Gasteiger charge is -2.12. The first kappa shape index (κ1) is 22.6. The zero-order valence-electron chi connectivity index (χ0n) is 18.8. The van der Waals surface area contributed by atoms with Gasteiger partial charge in [-0.2, -0.15) is 4.09 Å². The van der Waals surface area contributed by atoms with Gasteiger partial charge in [-0.05, 0) is 25.8 Å². The predicted molar refractivity (Wildman–Crippen MR) is 120 cm³/mol. The van der Waals surface area contributed by atoms with Gasteiger partial charge in [0.15, 0.2) is 0 Å². The molecule has 3 aromatic heterocycles. The molecule has 0 fully saturated rings. The summed E-state index contributed by atoms with van der Waals surface area (Å²) in [7, 11) is 1.81. The fourth-order valence-electron chi connectivity index (χ4n) is 2.80. The van der Waals surface area contributed by atoms with Crippen LogP contribution in [-0.4, -0.2) is 50.6 Å². The summed E-state index contributed by atoms with van der Waals surface area (Å²) in [5, 5.41) is 24.3. The molecule has 4 rings (SSSR count). The van der Waals surface area contributed by atoms with Crippen molar-refractivity contribution in [2.45, 2.75) is 39.7 Å². The quantitative estimate of drug-likeness (QED) is 0.322. The largest absolute Gasteiger partial charge is 0.487 e. The van der Waals surface area contributed by atoms with E-state index in [4.69, 9.17) is 14.2 Å². The first-order chi connectivity index (χ1) is 16.0. The van der Waals surface area contributed by atoms with Gasteiger partial charge >= 0.3 is 0 Å². The van der Waals surface area contributed by atoms with Gasteiger partial charge in [-0.1, -0.05) is 15.6 Å². The lowest BCUT2D eigenvalue weighted by molar-refractivity contribution is 0.270.